The highest BCUT2D eigenvalue weighted by molar-refractivity contribution is 7.16. The second-order valence-corrected chi connectivity index (χ2v) is 7.17. The molecule has 2 heterocycles. The van der Waals surface area contributed by atoms with Gasteiger partial charge in [0.15, 0.2) is 0 Å². The molecule has 4 rings (SSSR count). The van der Waals surface area contributed by atoms with Crippen LogP contribution in [0.4, 0.5) is 15.8 Å². The fourth-order valence-electron chi connectivity index (χ4n) is 3.30. The zero-order valence-electron chi connectivity index (χ0n) is 14.4. The van der Waals surface area contributed by atoms with Crippen LogP contribution in [0, 0.1) is 5.82 Å². The number of ether oxygens (including phenoxy) is 1. The summed E-state index contributed by atoms with van der Waals surface area (Å²) in [7, 11) is 1.60. The van der Waals surface area contributed by atoms with Crippen LogP contribution in [0.15, 0.2) is 52.6 Å². The highest BCUT2D eigenvalue weighted by Gasteiger charge is 2.20. The molecule has 0 unspecified atom stereocenters. The molecule has 3 aromatic rings. The summed E-state index contributed by atoms with van der Waals surface area (Å²) in [5.74, 6) is 0.469. The minimum absolute atomic E-state index is 0.0490. The van der Waals surface area contributed by atoms with Crippen molar-refractivity contribution in [3.05, 3.63) is 63.9 Å². The topological polar surface area (TPSA) is 32.8 Å². The van der Waals surface area contributed by atoms with Gasteiger partial charge in [0.2, 0.25) is 5.43 Å². The van der Waals surface area contributed by atoms with Crippen molar-refractivity contribution in [2.24, 2.45) is 0 Å². The van der Waals surface area contributed by atoms with E-state index in [4.69, 9.17) is 4.74 Å². The van der Waals surface area contributed by atoms with Gasteiger partial charge in [-0.25, -0.2) is 4.39 Å². The minimum Gasteiger partial charge on any atom is -0.497 e. The zero-order chi connectivity index (χ0) is 18.1. The van der Waals surface area contributed by atoms with Crippen molar-refractivity contribution >= 4 is 32.8 Å². The van der Waals surface area contributed by atoms with Crippen LogP contribution in [-0.2, 0) is 0 Å². The van der Waals surface area contributed by atoms with Crippen LogP contribution >= 0.6 is 11.3 Å². The maximum atomic E-state index is 13.1. The Morgan fingerprint density at radius 1 is 1.00 bits per heavy atom. The van der Waals surface area contributed by atoms with Crippen molar-refractivity contribution in [2.75, 3.05) is 43.1 Å². The standard InChI is InChI=1S/C20H19FN2O2S/c1-25-16-6-7-19-17(12-16)20(24)18(13-26-19)23-10-8-22(9-11-23)15-4-2-14(21)3-5-15/h2-7,12-13H,8-11H2,1H3. The molecule has 26 heavy (non-hydrogen) atoms. The molecular weight excluding hydrogens is 351 g/mol. The van der Waals surface area contributed by atoms with E-state index in [-0.39, 0.29) is 11.2 Å². The van der Waals surface area contributed by atoms with Crippen LogP contribution in [0.3, 0.4) is 0 Å². The summed E-state index contributed by atoms with van der Waals surface area (Å²) < 4.78 is 19.3. The van der Waals surface area contributed by atoms with E-state index in [1.165, 1.54) is 12.1 Å². The van der Waals surface area contributed by atoms with E-state index in [1.807, 2.05) is 23.6 Å². The molecule has 1 fully saturated rings. The molecule has 6 heteroatoms. The predicted octanol–water partition coefficient (Wildman–Crippen LogP) is 3.74. The van der Waals surface area contributed by atoms with Crippen LogP contribution in [0.2, 0.25) is 0 Å². The van der Waals surface area contributed by atoms with Crippen molar-refractivity contribution in [1.82, 2.24) is 0 Å². The molecule has 1 aliphatic heterocycles. The van der Waals surface area contributed by atoms with E-state index >= 15 is 0 Å². The van der Waals surface area contributed by atoms with E-state index in [2.05, 4.69) is 9.80 Å². The summed E-state index contributed by atoms with van der Waals surface area (Å²) in [5, 5.41) is 2.65. The van der Waals surface area contributed by atoms with Gasteiger partial charge in [-0.2, -0.15) is 0 Å². The van der Waals surface area contributed by atoms with Crippen molar-refractivity contribution < 1.29 is 9.13 Å². The number of nitrogens with zero attached hydrogens (tertiary/aromatic N) is 2. The average Bonchev–Trinajstić information content (AvgIpc) is 2.69. The van der Waals surface area contributed by atoms with Gasteiger partial charge < -0.3 is 14.5 Å². The normalized spacial score (nSPS) is 14.7. The first-order chi connectivity index (χ1) is 12.7. The average molecular weight is 370 g/mol. The number of halogens is 1. The van der Waals surface area contributed by atoms with E-state index in [0.717, 1.165) is 42.3 Å². The summed E-state index contributed by atoms with van der Waals surface area (Å²) in [5.41, 5.74) is 1.81. The molecule has 0 aliphatic carbocycles. The number of methoxy groups -OCH3 is 1. The minimum atomic E-state index is -0.225. The number of anilines is 2. The monoisotopic (exact) mass is 370 g/mol. The van der Waals surface area contributed by atoms with Crippen molar-refractivity contribution in [1.29, 1.82) is 0 Å². The lowest BCUT2D eigenvalue weighted by atomic mass is 10.2. The molecule has 1 saturated heterocycles. The van der Waals surface area contributed by atoms with Gasteiger partial charge in [0, 0.05) is 47.3 Å². The first-order valence-electron chi connectivity index (χ1n) is 8.51. The molecule has 0 N–H and O–H groups in total. The number of benzene rings is 2. The lowest BCUT2D eigenvalue weighted by Crippen LogP contribution is -2.47. The van der Waals surface area contributed by atoms with Gasteiger partial charge in [-0.3, -0.25) is 4.79 Å². The first kappa shape index (κ1) is 16.8. The third-order valence-corrected chi connectivity index (χ3v) is 5.72. The SMILES string of the molecule is COc1ccc2scc(N3CCN(c4ccc(F)cc4)CC3)c(=O)c2c1. The molecule has 1 aliphatic rings. The Morgan fingerprint density at radius 2 is 1.69 bits per heavy atom. The molecule has 134 valence electrons. The first-order valence-corrected chi connectivity index (χ1v) is 9.39. The molecule has 0 amide bonds. The van der Waals surface area contributed by atoms with Gasteiger partial charge in [0.25, 0.3) is 0 Å². The Morgan fingerprint density at radius 3 is 2.38 bits per heavy atom. The van der Waals surface area contributed by atoms with Gasteiger partial charge in [-0.1, -0.05) is 0 Å². The summed E-state index contributed by atoms with van der Waals surface area (Å²) in [6, 6.07) is 12.2. The molecule has 0 radical (unpaired) electrons. The van der Waals surface area contributed by atoms with Crippen molar-refractivity contribution in [3.63, 3.8) is 0 Å². The van der Waals surface area contributed by atoms with Gasteiger partial charge in [0.1, 0.15) is 11.6 Å². The lowest BCUT2D eigenvalue weighted by molar-refractivity contribution is 0.415. The Bertz CT molecular complexity index is 979. The number of piperazine rings is 1. The molecule has 2 aromatic carbocycles. The number of hydrogen-bond acceptors (Lipinski definition) is 5. The number of rotatable bonds is 3. The summed E-state index contributed by atoms with van der Waals surface area (Å²) in [6.07, 6.45) is 0. The van der Waals surface area contributed by atoms with Gasteiger partial charge >= 0.3 is 0 Å². The third-order valence-electron chi connectivity index (χ3n) is 4.77. The maximum absolute atomic E-state index is 13.1. The Labute approximate surface area is 155 Å². The van der Waals surface area contributed by atoms with Crippen LogP contribution in [0.5, 0.6) is 5.75 Å². The fraction of sp³-hybridized carbons (Fsp3) is 0.250. The van der Waals surface area contributed by atoms with Crippen molar-refractivity contribution in [2.45, 2.75) is 0 Å². The van der Waals surface area contributed by atoms with Crippen LogP contribution < -0.4 is 20.0 Å². The molecular formula is C20H19FN2O2S. The Balaban J connectivity index is 1.56. The Kier molecular flexibility index (Phi) is 4.51. The van der Waals surface area contributed by atoms with Gasteiger partial charge in [-0.15, -0.1) is 11.3 Å². The molecule has 0 saturated carbocycles. The van der Waals surface area contributed by atoms with Crippen molar-refractivity contribution in [3.8, 4) is 5.75 Å². The Hall–Kier alpha value is -2.60. The lowest BCUT2D eigenvalue weighted by Gasteiger charge is -2.37. The molecule has 4 nitrogen and oxygen atoms in total. The van der Waals surface area contributed by atoms with E-state index in [9.17, 15) is 9.18 Å². The highest BCUT2D eigenvalue weighted by atomic mass is 32.1. The van der Waals surface area contributed by atoms with Crippen LogP contribution in [0.1, 0.15) is 0 Å². The van der Waals surface area contributed by atoms with Crippen LogP contribution in [0.25, 0.3) is 10.1 Å². The number of fused-ring (bicyclic) bond motifs is 1. The van der Waals surface area contributed by atoms with Gasteiger partial charge in [-0.05, 0) is 42.5 Å². The van der Waals surface area contributed by atoms with E-state index < -0.39 is 0 Å². The summed E-state index contributed by atoms with van der Waals surface area (Å²) in [4.78, 5) is 17.3. The second-order valence-electron chi connectivity index (χ2n) is 6.26. The quantitative estimate of drug-likeness (QED) is 0.703. The molecule has 1 aromatic heterocycles. The van der Waals surface area contributed by atoms with E-state index in [1.54, 1.807) is 30.6 Å². The van der Waals surface area contributed by atoms with E-state index in [0.29, 0.717) is 11.1 Å². The smallest absolute Gasteiger partial charge is 0.211 e. The maximum Gasteiger partial charge on any atom is 0.211 e. The summed E-state index contributed by atoms with van der Waals surface area (Å²) in [6.45, 7) is 3.11. The zero-order valence-corrected chi connectivity index (χ0v) is 15.3. The number of hydrogen-bond donors (Lipinski definition) is 0. The third kappa shape index (κ3) is 3.12. The molecule has 0 atom stereocenters. The second kappa shape index (κ2) is 6.96. The fourth-order valence-corrected chi connectivity index (χ4v) is 4.22. The van der Waals surface area contributed by atoms with Gasteiger partial charge in [0.05, 0.1) is 12.8 Å². The van der Waals surface area contributed by atoms with Crippen LogP contribution in [-0.4, -0.2) is 33.3 Å². The predicted molar refractivity (Wildman–Crippen MR) is 105 cm³/mol. The largest absolute Gasteiger partial charge is 0.497 e. The highest BCUT2D eigenvalue weighted by Crippen LogP contribution is 2.26. The summed E-state index contributed by atoms with van der Waals surface area (Å²) >= 11 is 1.58. The molecule has 0 spiro atoms. The molecule has 0 bridgehead atoms.